The Morgan fingerprint density at radius 1 is 1.19 bits per heavy atom. The van der Waals surface area contributed by atoms with Crippen molar-refractivity contribution in [3.63, 3.8) is 0 Å². The fraction of sp³-hybridized carbons (Fsp3) is 1.00. The van der Waals surface area contributed by atoms with Crippen molar-refractivity contribution >= 4 is 0 Å². The van der Waals surface area contributed by atoms with E-state index in [0.29, 0.717) is 0 Å². The van der Waals surface area contributed by atoms with Crippen molar-refractivity contribution in [2.45, 2.75) is 25.7 Å². The first kappa shape index (κ1) is 12.3. The molecule has 0 aromatic heterocycles. The van der Waals surface area contributed by atoms with Gasteiger partial charge in [0.2, 0.25) is 0 Å². The molecule has 2 saturated heterocycles. The van der Waals surface area contributed by atoms with Gasteiger partial charge in [-0.25, -0.2) is 0 Å². The van der Waals surface area contributed by atoms with Gasteiger partial charge in [0.1, 0.15) is 0 Å². The lowest BCUT2D eigenvalue weighted by molar-refractivity contribution is 0.0973. The third-order valence-corrected chi connectivity index (χ3v) is 4.13. The fourth-order valence-corrected chi connectivity index (χ4v) is 2.94. The number of hydrogen-bond acceptors (Lipinski definition) is 3. The topological polar surface area (TPSA) is 24.5 Å². The fourth-order valence-electron chi connectivity index (χ4n) is 2.94. The van der Waals surface area contributed by atoms with Crippen molar-refractivity contribution < 1.29 is 4.74 Å². The number of nitrogens with one attached hydrogen (secondary N) is 1. The molecule has 0 spiro atoms. The van der Waals surface area contributed by atoms with Crippen molar-refractivity contribution in [3.05, 3.63) is 0 Å². The van der Waals surface area contributed by atoms with Crippen LogP contribution in [-0.2, 0) is 4.74 Å². The second-order valence-electron chi connectivity index (χ2n) is 5.39. The van der Waals surface area contributed by atoms with Crippen LogP contribution in [-0.4, -0.2) is 51.3 Å². The van der Waals surface area contributed by atoms with Crippen molar-refractivity contribution in [2.75, 3.05) is 46.4 Å². The van der Waals surface area contributed by atoms with Crippen LogP contribution in [0.2, 0.25) is 0 Å². The van der Waals surface area contributed by atoms with Crippen LogP contribution in [0.25, 0.3) is 0 Å². The molecule has 2 rings (SSSR count). The Balaban J connectivity index is 1.57. The molecule has 1 unspecified atom stereocenters. The minimum absolute atomic E-state index is 0.814. The molecule has 3 nitrogen and oxygen atoms in total. The molecule has 0 aromatic rings. The van der Waals surface area contributed by atoms with Gasteiger partial charge in [-0.2, -0.15) is 0 Å². The number of piperidine rings is 1. The molecular formula is C13H26N2O. The molecule has 16 heavy (non-hydrogen) atoms. The summed E-state index contributed by atoms with van der Waals surface area (Å²) in [6.45, 7) is 7.33. The Labute approximate surface area is 99.5 Å². The number of methoxy groups -OCH3 is 1. The van der Waals surface area contributed by atoms with Gasteiger partial charge >= 0.3 is 0 Å². The maximum Gasteiger partial charge on any atom is 0.0491 e. The van der Waals surface area contributed by atoms with E-state index in [0.717, 1.165) is 18.4 Å². The molecule has 2 heterocycles. The standard InChI is InChI=1S/C13H26N2O/c1-16-11-13-4-8-15(9-5-13)7-3-12-2-6-14-10-12/h12-14H,2-11H2,1H3. The van der Waals surface area contributed by atoms with Crippen LogP contribution in [0.5, 0.6) is 0 Å². The Hall–Kier alpha value is -0.120. The molecular weight excluding hydrogens is 200 g/mol. The zero-order chi connectivity index (χ0) is 11.2. The molecule has 1 N–H and O–H groups in total. The molecule has 0 aliphatic carbocycles. The molecule has 2 fully saturated rings. The SMILES string of the molecule is COCC1CCN(CCC2CCNC2)CC1. The second kappa shape index (κ2) is 6.58. The summed E-state index contributed by atoms with van der Waals surface area (Å²) in [4.78, 5) is 2.64. The lowest BCUT2D eigenvalue weighted by Crippen LogP contribution is -2.36. The summed E-state index contributed by atoms with van der Waals surface area (Å²) in [5, 5.41) is 3.45. The summed E-state index contributed by atoms with van der Waals surface area (Å²) in [6, 6.07) is 0. The first-order chi connectivity index (χ1) is 7.88. The summed E-state index contributed by atoms with van der Waals surface area (Å²) in [5.41, 5.74) is 0. The van der Waals surface area contributed by atoms with E-state index in [1.807, 2.05) is 7.11 Å². The summed E-state index contributed by atoms with van der Waals surface area (Å²) in [5.74, 6) is 1.76. The maximum absolute atomic E-state index is 5.23. The average molecular weight is 226 g/mol. The van der Waals surface area contributed by atoms with Gasteiger partial charge in [0.25, 0.3) is 0 Å². The van der Waals surface area contributed by atoms with Gasteiger partial charge in [0.05, 0.1) is 0 Å². The Morgan fingerprint density at radius 2 is 2.00 bits per heavy atom. The molecule has 0 saturated carbocycles. The van der Waals surface area contributed by atoms with Crippen molar-refractivity contribution in [1.82, 2.24) is 10.2 Å². The number of hydrogen-bond donors (Lipinski definition) is 1. The number of rotatable bonds is 5. The van der Waals surface area contributed by atoms with E-state index in [1.165, 1.54) is 58.4 Å². The molecule has 2 aliphatic rings. The van der Waals surface area contributed by atoms with Crippen molar-refractivity contribution in [3.8, 4) is 0 Å². The van der Waals surface area contributed by atoms with Gasteiger partial charge < -0.3 is 15.0 Å². The maximum atomic E-state index is 5.23. The molecule has 2 aliphatic heterocycles. The van der Waals surface area contributed by atoms with Gasteiger partial charge in [-0.1, -0.05) is 0 Å². The average Bonchev–Trinajstić information content (AvgIpc) is 2.82. The normalized spacial score (nSPS) is 28.7. The van der Waals surface area contributed by atoms with Gasteiger partial charge in [0.15, 0.2) is 0 Å². The van der Waals surface area contributed by atoms with E-state index in [2.05, 4.69) is 10.2 Å². The highest BCUT2D eigenvalue weighted by atomic mass is 16.5. The Morgan fingerprint density at radius 3 is 2.62 bits per heavy atom. The first-order valence-electron chi connectivity index (χ1n) is 6.80. The molecule has 0 radical (unpaired) electrons. The molecule has 0 amide bonds. The monoisotopic (exact) mass is 226 g/mol. The summed E-state index contributed by atoms with van der Waals surface area (Å²) in [6.07, 6.45) is 5.44. The van der Waals surface area contributed by atoms with E-state index in [-0.39, 0.29) is 0 Å². The van der Waals surface area contributed by atoms with Crippen molar-refractivity contribution in [1.29, 1.82) is 0 Å². The molecule has 94 valence electrons. The predicted molar refractivity (Wildman–Crippen MR) is 66.6 cm³/mol. The molecule has 3 heteroatoms. The van der Waals surface area contributed by atoms with Gasteiger partial charge in [-0.15, -0.1) is 0 Å². The quantitative estimate of drug-likeness (QED) is 0.766. The van der Waals surface area contributed by atoms with E-state index in [4.69, 9.17) is 4.74 Å². The van der Waals surface area contributed by atoms with Crippen LogP contribution in [0, 0.1) is 11.8 Å². The lowest BCUT2D eigenvalue weighted by atomic mass is 9.97. The smallest absolute Gasteiger partial charge is 0.0491 e. The van der Waals surface area contributed by atoms with E-state index >= 15 is 0 Å². The zero-order valence-corrected chi connectivity index (χ0v) is 10.6. The van der Waals surface area contributed by atoms with Crippen LogP contribution < -0.4 is 5.32 Å². The summed E-state index contributed by atoms with van der Waals surface area (Å²) in [7, 11) is 1.82. The molecule has 0 bridgehead atoms. The lowest BCUT2D eigenvalue weighted by Gasteiger charge is -2.32. The van der Waals surface area contributed by atoms with Gasteiger partial charge in [-0.3, -0.25) is 0 Å². The van der Waals surface area contributed by atoms with Crippen LogP contribution in [0.3, 0.4) is 0 Å². The number of nitrogens with zero attached hydrogens (tertiary/aromatic N) is 1. The third kappa shape index (κ3) is 3.72. The van der Waals surface area contributed by atoms with E-state index in [9.17, 15) is 0 Å². The van der Waals surface area contributed by atoms with Crippen LogP contribution in [0.1, 0.15) is 25.7 Å². The van der Waals surface area contributed by atoms with E-state index in [1.54, 1.807) is 0 Å². The molecule has 0 aromatic carbocycles. The minimum Gasteiger partial charge on any atom is -0.384 e. The van der Waals surface area contributed by atoms with Gasteiger partial charge in [-0.05, 0) is 70.2 Å². The highest BCUT2D eigenvalue weighted by Gasteiger charge is 2.20. The van der Waals surface area contributed by atoms with Gasteiger partial charge in [0, 0.05) is 13.7 Å². The zero-order valence-electron chi connectivity index (χ0n) is 10.6. The summed E-state index contributed by atoms with van der Waals surface area (Å²) < 4.78 is 5.23. The largest absolute Gasteiger partial charge is 0.384 e. The van der Waals surface area contributed by atoms with Crippen molar-refractivity contribution in [2.24, 2.45) is 11.8 Å². The Bertz CT molecular complexity index is 184. The van der Waals surface area contributed by atoms with Crippen LogP contribution >= 0.6 is 0 Å². The Kier molecular flexibility index (Phi) is 5.07. The first-order valence-corrected chi connectivity index (χ1v) is 6.80. The van der Waals surface area contributed by atoms with E-state index < -0.39 is 0 Å². The highest BCUT2D eigenvalue weighted by Crippen LogP contribution is 2.19. The minimum atomic E-state index is 0.814. The van der Waals surface area contributed by atoms with Crippen LogP contribution in [0.4, 0.5) is 0 Å². The molecule has 1 atom stereocenters. The number of likely N-dealkylation sites (tertiary alicyclic amines) is 1. The predicted octanol–water partition coefficient (Wildman–Crippen LogP) is 1.34. The third-order valence-electron chi connectivity index (χ3n) is 4.13. The highest BCUT2D eigenvalue weighted by molar-refractivity contribution is 4.76. The summed E-state index contributed by atoms with van der Waals surface area (Å²) >= 11 is 0. The number of ether oxygens (including phenoxy) is 1. The second-order valence-corrected chi connectivity index (χ2v) is 5.39. The van der Waals surface area contributed by atoms with Crippen LogP contribution in [0.15, 0.2) is 0 Å².